The zero-order valence-corrected chi connectivity index (χ0v) is 21.0. The number of rotatable bonds is 7. The van der Waals surface area contributed by atoms with Gasteiger partial charge in [0.05, 0.1) is 11.6 Å². The Hall–Kier alpha value is -3.17. The molecule has 0 saturated carbocycles. The minimum absolute atomic E-state index is 0.0143. The second kappa shape index (κ2) is 10.4. The maximum absolute atomic E-state index is 12.8. The molecule has 2 aromatic rings. The van der Waals surface area contributed by atoms with E-state index in [-0.39, 0.29) is 28.5 Å². The highest BCUT2D eigenvalue weighted by Gasteiger charge is 2.34. The fourth-order valence-corrected chi connectivity index (χ4v) is 3.98. The number of halogens is 1. The molecular weight excluding hydrogens is 456 g/mol. The topological polar surface area (TPSA) is 94.8 Å². The average molecular weight is 487 g/mol. The van der Waals surface area contributed by atoms with Crippen LogP contribution in [0.1, 0.15) is 49.2 Å². The minimum Gasteiger partial charge on any atom is -0.349 e. The van der Waals surface area contributed by atoms with E-state index >= 15 is 0 Å². The first-order chi connectivity index (χ1) is 16.0. The quantitative estimate of drug-likeness (QED) is 0.361. The summed E-state index contributed by atoms with van der Waals surface area (Å²) in [4.78, 5) is 32.2. The average Bonchev–Trinajstić information content (AvgIpc) is 2.78. The van der Waals surface area contributed by atoms with E-state index in [9.17, 15) is 14.9 Å². The van der Waals surface area contributed by atoms with Crippen LogP contribution in [0.5, 0.6) is 0 Å². The van der Waals surface area contributed by atoms with Crippen LogP contribution in [-0.4, -0.2) is 57.4 Å². The number of nitro groups is 1. The second-order valence-electron chi connectivity index (χ2n) is 9.34. The molecule has 0 spiro atoms. The Morgan fingerprint density at radius 3 is 2.44 bits per heavy atom. The molecule has 0 atom stereocenters. The molecule has 1 aromatic heterocycles. The molecule has 0 radical (unpaired) electrons. The molecule has 1 aliphatic rings. The number of benzene rings is 1. The Balaban J connectivity index is 1.78. The van der Waals surface area contributed by atoms with Crippen molar-refractivity contribution in [3.8, 4) is 0 Å². The molecule has 0 aliphatic carbocycles. The predicted octanol–water partition coefficient (Wildman–Crippen LogP) is 3.85. The zero-order chi connectivity index (χ0) is 25.0. The second-order valence-corrected chi connectivity index (χ2v) is 9.72. The highest BCUT2D eigenvalue weighted by Crippen LogP contribution is 2.24. The molecular formula is C24H31ClN6O3. The third kappa shape index (κ3) is 6.03. The van der Waals surface area contributed by atoms with Gasteiger partial charge < -0.3 is 9.80 Å². The summed E-state index contributed by atoms with van der Waals surface area (Å²) in [6, 6.07) is 11.0. The third-order valence-corrected chi connectivity index (χ3v) is 5.90. The molecule has 34 heavy (non-hydrogen) atoms. The van der Waals surface area contributed by atoms with Gasteiger partial charge in [0.25, 0.3) is 5.91 Å². The molecule has 0 saturated heterocycles. The van der Waals surface area contributed by atoms with Gasteiger partial charge in [0.1, 0.15) is 11.7 Å². The van der Waals surface area contributed by atoms with Crippen LogP contribution >= 0.6 is 11.6 Å². The Labute approximate surface area is 205 Å². The molecule has 0 unspecified atom stereocenters. The van der Waals surface area contributed by atoms with Crippen molar-refractivity contribution in [2.24, 2.45) is 0 Å². The summed E-state index contributed by atoms with van der Waals surface area (Å²) in [6.45, 7) is 9.56. The van der Waals surface area contributed by atoms with Crippen molar-refractivity contribution in [2.45, 2.75) is 39.7 Å². The molecule has 0 bridgehead atoms. The zero-order valence-electron chi connectivity index (χ0n) is 20.2. The molecule has 9 nitrogen and oxygen atoms in total. The predicted molar refractivity (Wildman–Crippen MR) is 131 cm³/mol. The van der Waals surface area contributed by atoms with Gasteiger partial charge in [-0.25, -0.2) is 4.98 Å². The van der Waals surface area contributed by atoms with Crippen LogP contribution in [0.3, 0.4) is 0 Å². The fraction of sp³-hybridized carbons (Fsp3) is 0.417. The van der Waals surface area contributed by atoms with Gasteiger partial charge in [0.2, 0.25) is 0 Å². The van der Waals surface area contributed by atoms with Crippen molar-refractivity contribution in [1.29, 1.82) is 0 Å². The van der Waals surface area contributed by atoms with Crippen LogP contribution in [0.2, 0.25) is 5.15 Å². The van der Waals surface area contributed by atoms with Gasteiger partial charge in [-0.05, 0) is 41.7 Å². The van der Waals surface area contributed by atoms with E-state index in [1.165, 1.54) is 0 Å². The Kier molecular flexibility index (Phi) is 7.78. The van der Waals surface area contributed by atoms with E-state index in [1.807, 2.05) is 30.0 Å². The summed E-state index contributed by atoms with van der Waals surface area (Å²) < 4.78 is 0. The number of carbonyl (C=O) groups excluding carboxylic acids is 1. The molecule has 1 amide bonds. The van der Waals surface area contributed by atoms with Crippen molar-refractivity contribution in [3.63, 3.8) is 0 Å². The number of amides is 1. The van der Waals surface area contributed by atoms with Crippen molar-refractivity contribution in [2.75, 3.05) is 26.8 Å². The molecule has 10 heteroatoms. The highest BCUT2D eigenvalue weighted by atomic mass is 35.5. The molecule has 1 N–H and O–H groups in total. The van der Waals surface area contributed by atoms with Crippen LogP contribution in [0.25, 0.3) is 0 Å². The van der Waals surface area contributed by atoms with E-state index in [0.29, 0.717) is 36.3 Å². The lowest BCUT2D eigenvalue weighted by Crippen LogP contribution is -2.54. The lowest BCUT2D eigenvalue weighted by atomic mass is 9.87. The molecule has 2 heterocycles. The summed E-state index contributed by atoms with van der Waals surface area (Å²) in [7, 11) is 1.78. The fourth-order valence-electron chi connectivity index (χ4n) is 3.87. The maximum Gasteiger partial charge on any atom is 0.302 e. The number of nitrogens with zero attached hydrogens (tertiary/aromatic N) is 5. The van der Waals surface area contributed by atoms with Crippen LogP contribution in [0, 0.1) is 10.1 Å². The Morgan fingerprint density at radius 1 is 1.24 bits per heavy atom. The van der Waals surface area contributed by atoms with Crippen molar-refractivity contribution in [3.05, 3.63) is 86.1 Å². The number of pyridine rings is 1. The van der Waals surface area contributed by atoms with Crippen molar-refractivity contribution < 1.29 is 9.72 Å². The summed E-state index contributed by atoms with van der Waals surface area (Å²) in [5.74, 6) is 0.210. The van der Waals surface area contributed by atoms with Gasteiger partial charge in [0, 0.05) is 31.9 Å². The number of hydrogen-bond acceptors (Lipinski definition) is 7. The van der Waals surface area contributed by atoms with Gasteiger partial charge in [0.15, 0.2) is 5.82 Å². The smallest absolute Gasteiger partial charge is 0.302 e. The third-order valence-electron chi connectivity index (χ3n) is 5.68. The van der Waals surface area contributed by atoms with Crippen molar-refractivity contribution >= 4 is 17.5 Å². The number of aromatic nitrogens is 1. The SMILES string of the molecule is CCN(Cc1ccc(Cl)nc1)C1=C([N+](=O)[O-])CN(NC(=O)c2ccc(C(C)(C)C)cc2)CN1C. The standard InChI is InChI=1S/C24H31ClN6O3/c1-6-29(14-17-7-12-21(25)26-13-17)23-20(31(33)34)15-30(16-28(23)5)27-22(32)18-8-10-19(11-9-18)24(2,3)4/h7-13H,6,14-16H2,1-5H3,(H,27,32). The van der Waals surface area contributed by atoms with E-state index in [1.54, 1.807) is 41.4 Å². The summed E-state index contributed by atoms with van der Waals surface area (Å²) in [6.07, 6.45) is 1.66. The lowest BCUT2D eigenvalue weighted by molar-refractivity contribution is -0.434. The lowest BCUT2D eigenvalue weighted by Gasteiger charge is -2.39. The monoisotopic (exact) mass is 486 g/mol. The normalized spacial score (nSPS) is 14.8. The number of nitrogens with one attached hydrogen (secondary N) is 1. The number of hydrogen-bond donors (Lipinski definition) is 1. The van der Waals surface area contributed by atoms with Crippen LogP contribution < -0.4 is 5.43 Å². The molecule has 0 fully saturated rings. The first-order valence-corrected chi connectivity index (χ1v) is 11.5. The van der Waals surface area contributed by atoms with Crippen LogP contribution in [0.15, 0.2) is 54.1 Å². The summed E-state index contributed by atoms with van der Waals surface area (Å²) >= 11 is 5.88. The Morgan fingerprint density at radius 2 is 1.91 bits per heavy atom. The van der Waals surface area contributed by atoms with Crippen LogP contribution in [0.4, 0.5) is 0 Å². The van der Waals surface area contributed by atoms with E-state index in [2.05, 4.69) is 31.2 Å². The first kappa shape index (κ1) is 25.5. The van der Waals surface area contributed by atoms with Gasteiger partial charge in [-0.3, -0.25) is 20.3 Å². The van der Waals surface area contributed by atoms with E-state index in [4.69, 9.17) is 11.6 Å². The van der Waals surface area contributed by atoms with Crippen molar-refractivity contribution in [1.82, 2.24) is 25.2 Å². The summed E-state index contributed by atoms with van der Waals surface area (Å²) in [5, 5.41) is 13.9. The Bertz CT molecular complexity index is 1060. The highest BCUT2D eigenvalue weighted by molar-refractivity contribution is 6.29. The van der Waals surface area contributed by atoms with Gasteiger partial charge in [-0.15, -0.1) is 0 Å². The maximum atomic E-state index is 12.8. The van der Waals surface area contributed by atoms with Crippen LogP contribution in [-0.2, 0) is 12.0 Å². The van der Waals surface area contributed by atoms with Gasteiger partial charge in [-0.1, -0.05) is 50.6 Å². The molecule has 3 rings (SSSR count). The first-order valence-electron chi connectivity index (χ1n) is 11.1. The van der Waals surface area contributed by atoms with E-state index in [0.717, 1.165) is 11.1 Å². The largest absolute Gasteiger partial charge is 0.349 e. The van der Waals surface area contributed by atoms with Gasteiger partial charge >= 0.3 is 5.70 Å². The molecule has 1 aromatic carbocycles. The van der Waals surface area contributed by atoms with E-state index < -0.39 is 0 Å². The molecule has 182 valence electrons. The number of carbonyl (C=O) groups is 1. The minimum atomic E-state index is -0.384. The van der Waals surface area contributed by atoms with Gasteiger partial charge in [-0.2, -0.15) is 5.01 Å². The molecule has 1 aliphatic heterocycles. The summed E-state index contributed by atoms with van der Waals surface area (Å²) in [5.41, 5.74) is 5.33. The number of hydrazine groups is 1.